The van der Waals surface area contributed by atoms with E-state index in [1.54, 1.807) is 23.6 Å². The first-order chi connectivity index (χ1) is 11.9. The molecule has 0 spiro atoms. The fourth-order valence-electron chi connectivity index (χ4n) is 2.04. The third-order valence-electron chi connectivity index (χ3n) is 3.04. The van der Waals surface area contributed by atoms with Gasteiger partial charge in [0.2, 0.25) is 0 Å². The van der Waals surface area contributed by atoms with Gasteiger partial charge in [-0.3, -0.25) is 9.59 Å². The largest absolute Gasteiger partial charge is 0.612 e. The van der Waals surface area contributed by atoms with E-state index in [1.807, 2.05) is 30.3 Å². The summed E-state index contributed by atoms with van der Waals surface area (Å²) in [7, 11) is 0. The standard InChI is InChI=1S/C19H18O5S/c1-14(20)23-18-9-8-16(12-19(18)24-15(2)21)10-11-25(22)13-17-6-4-3-5-7-17/h3-12H,13H2,1-2H3/b11-10+. The van der Waals surface area contributed by atoms with E-state index in [0.29, 0.717) is 11.3 Å². The van der Waals surface area contributed by atoms with Crippen molar-refractivity contribution in [1.29, 1.82) is 0 Å². The van der Waals surface area contributed by atoms with E-state index in [-0.39, 0.29) is 11.5 Å². The van der Waals surface area contributed by atoms with Gasteiger partial charge in [-0.15, -0.1) is 0 Å². The normalized spacial score (nSPS) is 12.0. The first kappa shape index (κ1) is 18.8. The fourth-order valence-corrected chi connectivity index (χ4v) is 2.97. The van der Waals surface area contributed by atoms with E-state index >= 15 is 0 Å². The molecule has 0 aromatic heterocycles. The summed E-state index contributed by atoms with van der Waals surface area (Å²) in [6.07, 6.45) is 1.67. The zero-order chi connectivity index (χ0) is 18.2. The number of hydrogen-bond donors (Lipinski definition) is 0. The topological polar surface area (TPSA) is 75.7 Å². The van der Waals surface area contributed by atoms with Crippen molar-refractivity contribution in [3.63, 3.8) is 0 Å². The Bertz CT molecular complexity index is 771. The van der Waals surface area contributed by atoms with Crippen molar-refractivity contribution in [1.82, 2.24) is 0 Å². The average molecular weight is 358 g/mol. The molecule has 0 amide bonds. The molecule has 0 aliphatic heterocycles. The van der Waals surface area contributed by atoms with Crippen LogP contribution < -0.4 is 9.47 Å². The number of hydrogen-bond acceptors (Lipinski definition) is 5. The molecule has 0 N–H and O–H groups in total. The summed E-state index contributed by atoms with van der Waals surface area (Å²) in [6.45, 7) is 2.52. The highest BCUT2D eigenvalue weighted by Gasteiger charge is 2.11. The second-order valence-electron chi connectivity index (χ2n) is 5.21. The van der Waals surface area contributed by atoms with Gasteiger partial charge in [0.25, 0.3) is 0 Å². The first-order valence-electron chi connectivity index (χ1n) is 7.54. The van der Waals surface area contributed by atoms with Gasteiger partial charge < -0.3 is 14.0 Å². The van der Waals surface area contributed by atoms with Gasteiger partial charge in [-0.1, -0.05) is 36.4 Å². The van der Waals surface area contributed by atoms with Crippen molar-refractivity contribution in [2.75, 3.05) is 0 Å². The lowest BCUT2D eigenvalue weighted by atomic mass is 10.2. The zero-order valence-electron chi connectivity index (χ0n) is 13.9. The SMILES string of the molecule is CC(=O)Oc1ccc(/C=C/[S+]([O-])Cc2ccccc2)cc1OC(C)=O. The summed E-state index contributed by atoms with van der Waals surface area (Å²) in [6, 6.07) is 14.3. The van der Waals surface area contributed by atoms with Gasteiger partial charge in [-0.2, -0.15) is 0 Å². The van der Waals surface area contributed by atoms with Crippen LogP contribution in [-0.4, -0.2) is 16.5 Å². The molecule has 0 aliphatic carbocycles. The molecule has 25 heavy (non-hydrogen) atoms. The second-order valence-corrected chi connectivity index (χ2v) is 6.53. The van der Waals surface area contributed by atoms with Crippen LogP contribution in [0.5, 0.6) is 11.5 Å². The molecule has 5 nitrogen and oxygen atoms in total. The molecule has 0 fully saturated rings. The Morgan fingerprint density at radius 2 is 1.64 bits per heavy atom. The van der Waals surface area contributed by atoms with E-state index in [4.69, 9.17) is 9.47 Å². The van der Waals surface area contributed by atoms with Crippen molar-refractivity contribution in [3.05, 3.63) is 65.1 Å². The highest BCUT2D eigenvalue weighted by Crippen LogP contribution is 2.29. The third kappa shape index (κ3) is 6.45. The van der Waals surface area contributed by atoms with Crippen molar-refractivity contribution >= 4 is 29.2 Å². The van der Waals surface area contributed by atoms with Crippen LogP contribution in [0, 0.1) is 0 Å². The number of carbonyl (C=O) groups excluding carboxylic acids is 2. The third-order valence-corrected chi connectivity index (χ3v) is 4.10. The Labute approximate surface area is 149 Å². The smallest absolute Gasteiger partial charge is 0.308 e. The molecule has 0 heterocycles. The predicted molar refractivity (Wildman–Crippen MR) is 96.4 cm³/mol. The summed E-state index contributed by atoms with van der Waals surface area (Å²) >= 11 is -1.18. The van der Waals surface area contributed by atoms with Gasteiger partial charge in [0, 0.05) is 19.4 Å². The molecule has 6 heteroatoms. The van der Waals surface area contributed by atoms with Crippen LogP contribution in [0.25, 0.3) is 6.08 Å². The van der Waals surface area contributed by atoms with Crippen LogP contribution in [0.3, 0.4) is 0 Å². The number of carbonyl (C=O) groups is 2. The fraction of sp³-hybridized carbons (Fsp3) is 0.158. The van der Waals surface area contributed by atoms with Gasteiger partial charge in [0.05, 0.1) is 0 Å². The van der Waals surface area contributed by atoms with E-state index in [9.17, 15) is 14.1 Å². The monoisotopic (exact) mass is 358 g/mol. The molecule has 1 atom stereocenters. The van der Waals surface area contributed by atoms with Crippen LogP contribution in [0.2, 0.25) is 0 Å². The Balaban J connectivity index is 2.12. The molecule has 1 unspecified atom stereocenters. The summed E-state index contributed by atoms with van der Waals surface area (Å²) < 4.78 is 22.2. The molecule has 2 aromatic rings. The average Bonchev–Trinajstić information content (AvgIpc) is 2.55. The van der Waals surface area contributed by atoms with Crippen molar-refractivity contribution < 1.29 is 23.6 Å². The molecule has 2 rings (SSSR count). The van der Waals surface area contributed by atoms with Crippen LogP contribution in [-0.2, 0) is 26.5 Å². The summed E-state index contributed by atoms with van der Waals surface area (Å²) in [5.41, 5.74) is 1.66. The van der Waals surface area contributed by atoms with E-state index < -0.39 is 23.1 Å². The maximum absolute atomic E-state index is 12.1. The molecule has 2 aromatic carbocycles. The number of esters is 2. The molecular formula is C19H18O5S. The Morgan fingerprint density at radius 3 is 2.28 bits per heavy atom. The highest BCUT2D eigenvalue weighted by molar-refractivity contribution is 7.93. The zero-order valence-corrected chi connectivity index (χ0v) is 14.7. The Kier molecular flexibility index (Phi) is 6.80. The van der Waals surface area contributed by atoms with Gasteiger partial charge >= 0.3 is 11.9 Å². The van der Waals surface area contributed by atoms with E-state index in [2.05, 4.69) is 0 Å². The van der Waals surface area contributed by atoms with Crippen LogP contribution in [0.15, 0.2) is 53.9 Å². The minimum absolute atomic E-state index is 0.138. The molecular weight excluding hydrogens is 340 g/mol. The van der Waals surface area contributed by atoms with Crippen LogP contribution in [0.4, 0.5) is 0 Å². The summed E-state index contributed by atoms with van der Waals surface area (Å²) in [5, 5.41) is 1.57. The second kappa shape index (κ2) is 9.05. The van der Waals surface area contributed by atoms with Crippen molar-refractivity contribution in [2.45, 2.75) is 19.6 Å². The van der Waals surface area contributed by atoms with E-state index in [0.717, 1.165) is 5.56 Å². The van der Waals surface area contributed by atoms with Gasteiger partial charge in [-0.05, 0) is 34.9 Å². The molecule has 130 valence electrons. The molecule has 0 aliphatic rings. The van der Waals surface area contributed by atoms with Gasteiger partial charge in [0.1, 0.15) is 11.2 Å². The predicted octanol–water partition coefficient (Wildman–Crippen LogP) is 3.46. The van der Waals surface area contributed by atoms with Gasteiger partial charge in [0.15, 0.2) is 11.5 Å². The van der Waals surface area contributed by atoms with Crippen molar-refractivity contribution in [3.8, 4) is 11.5 Å². The minimum atomic E-state index is -1.18. The lowest BCUT2D eigenvalue weighted by Gasteiger charge is -2.09. The summed E-state index contributed by atoms with van der Waals surface area (Å²) in [4.78, 5) is 22.3. The molecule has 0 saturated heterocycles. The Morgan fingerprint density at radius 1 is 1.00 bits per heavy atom. The maximum Gasteiger partial charge on any atom is 0.308 e. The number of rotatable bonds is 6. The Hall–Kier alpha value is -2.57. The van der Waals surface area contributed by atoms with Crippen LogP contribution >= 0.6 is 0 Å². The lowest BCUT2D eigenvalue weighted by Crippen LogP contribution is -2.07. The van der Waals surface area contributed by atoms with Gasteiger partial charge in [-0.25, -0.2) is 0 Å². The number of ether oxygens (including phenoxy) is 2. The summed E-state index contributed by atoms with van der Waals surface area (Å²) in [5.74, 6) is -0.327. The van der Waals surface area contributed by atoms with Crippen LogP contribution in [0.1, 0.15) is 25.0 Å². The molecule has 0 radical (unpaired) electrons. The highest BCUT2D eigenvalue weighted by atomic mass is 32.2. The lowest BCUT2D eigenvalue weighted by molar-refractivity contribution is -0.134. The minimum Gasteiger partial charge on any atom is -0.612 e. The number of benzene rings is 2. The van der Waals surface area contributed by atoms with E-state index in [1.165, 1.54) is 19.9 Å². The quantitative estimate of drug-likeness (QED) is 0.449. The maximum atomic E-state index is 12.1. The van der Waals surface area contributed by atoms with Crippen molar-refractivity contribution in [2.24, 2.45) is 0 Å². The molecule has 0 bridgehead atoms. The molecule has 0 saturated carbocycles. The first-order valence-corrected chi connectivity index (χ1v) is 8.92.